The number of aliphatic hydroxyl groups excluding tert-OH is 1. The van der Waals surface area contributed by atoms with Crippen LogP contribution in [-0.2, 0) is 18.7 Å². The molecule has 0 radical (unpaired) electrons. The van der Waals surface area contributed by atoms with Gasteiger partial charge in [0.25, 0.3) is 0 Å². The number of carbonyl (C=O) groups is 1. The van der Waals surface area contributed by atoms with E-state index < -0.39 is 14.4 Å². The summed E-state index contributed by atoms with van der Waals surface area (Å²) >= 11 is 0. The van der Waals surface area contributed by atoms with E-state index in [4.69, 9.17) is 13.9 Å². The first kappa shape index (κ1) is 30.3. The van der Waals surface area contributed by atoms with Crippen LogP contribution < -0.4 is 0 Å². The van der Waals surface area contributed by atoms with Crippen LogP contribution in [0.2, 0.25) is 18.1 Å². The number of ether oxygens (including phenoxy) is 2. The summed E-state index contributed by atoms with van der Waals surface area (Å²) in [6.45, 7) is 20.2. The van der Waals surface area contributed by atoms with E-state index >= 15 is 0 Å². The molecular formula is C30H46N2O5Si. The van der Waals surface area contributed by atoms with Crippen molar-refractivity contribution in [2.24, 2.45) is 10.8 Å². The van der Waals surface area contributed by atoms with Crippen molar-refractivity contribution in [3.8, 4) is 11.8 Å². The fourth-order valence-electron chi connectivity index (χ4n) is 5.52. The lowest BCUT2D eigenvalue weighted by Crippen LogP contribution is -2.50. The Balaban J connectivity index is 1.89. The Morgan fingerprint density at radius 3 is 2.34 bits per heavy atom. The molecule has 2 bridgehead atoms. The molecule has 3 aliphatic rings. The third kappa shape index (κ3) is 6.00. The number of methoxy groups -OCH3 is 1. The fraction of sp³-hybridized carbons (Fsp3) is 0.700. The lowest BCUT2D eigenvalue weighted by atomic mass is 9.52. The van der Waals surface area contributed by atoms with Gasteiger partial charge in [0.15, 0.2) is 8.32 Å². The van der Waals surface area contributed by atoms with E-state index in [2.05, 4.69) is 69.4 Å². The molecule has 1 aromatic rings. The number of fused-ring (bicyclic) bond motifs is 3. The van der Waals surface area contributed by atoms with Gasteiger partial charge in [0.05, 0.1) is 30.9 Å². The maximum absolute atomic E-state index is 12.4. The Bertz CT molecular complexity index is 1070. The normalized spacial score (nSPS) is 24.7. The summed E-state index contributed by atoms with van der Waals surface area (Å²) in [7, 11) is -0.504. The van der Waals surface area contributed by atoms with E-state index in [1.54, 1.807) is 6.20 Å². The summed E-state index contributed by atoms with van der Waals surface area (Å²) in [4.78, 5) is 12.4. The first-order valence-electron chi connectivity index (χ1n) is 13.8. The van der Waals surface area contributed by atoms with E-state index in [9.17, 15) is 9.90 Å². The van der Waals surface area contributed by atoms with Crippen molar-refractivity contribution in [1.82, 2.24) is 10.2 Å². The molecule has 0 amide bonds. The summed E-state index contributed by atoms with van der Waals surface area (Å²) in [5.74, 6) is 6.70. The van der Waals surface area contributed by atoms with Crippen LogP contribution in [0, 0.1) is 22.7 Å². The van der Waals surface area contributed by atoms with E-state index in [0.717, 1.165) is 44.1 Å². The second-order valence-electron chi connectivity index (χ2n) is 12.7. The number of nitrogens with zero attached hydrogens (tertiary/aromatic N) is 2. The van der Waals surface area contributed by atoms with Gasteiger partial charge in [0.1, 0.15) is 17.6 Å². The summed E-state index contributed by atoms with van der Waals surface area (Å²) in [5.41, 5.74) is 1.48. The molecule has 3 saturated carbocycles. The van der Waals surface area contributed by atoms with Gasteiger partial charge < -0.3 is 19.0 Å². The maximum Gasteiger partial charge on any atom is 0.311 e. The molecule has 0 spiro atoms. The minimum absolute atomic E-state index is 0.0310. The third-order valence-electron chi connectivity index (χ3n) is 9.31. The largest absolute Gasteiger partial charge is 0.492 e. The molecule has 8 heteroatoms. The standard InChI is InChI=1S/C30H46N2O5Si/c1-10-36-22(3)26-25(21(2)20-37-38(8,9)28(4,5)6)23(19-31-32-26)11-12-24(33)29-13-16-30(17-14-29,18-15-29)27(34)35-7/h19,21,24,33H,3,10,13-18,20H2,1-2,4-9H3. The monoisotopic (exact) mass is 542 g/mol. The van der Waals surface area contributed by atoms with Crippen molar-refractivity contribution in [2.75, 3.05) is 20.3 Å². The first-order valence-corrected chi connectivity index (χ1v) is 16.7. The Hall–Kier alpha value is -2.21. The Kier molecular flexibility index (Phi) is 9.17. The zero-order valence-corrected chi connectivity index (χ0v) is 25.6. The molecule has 210 valence electrons. The highest BCUT2D eigenvalue weighted by Gasteiger charge is 2.55. The fourth-order valence-corrected chi connectivity index (χ4v) is 6.62. The number of rotatable bonds is 9. The van der Waals surface area contributed by atoms with Gasteiger partial charge in [-0.3, -0.25) is 4.79 Å². The zero-order chi connectivity index (χ0) is 28.4. The van der Waals surface area contributed by atoms with Crippen molar-refractivity contribution < 1.29 is 23.8 Å². The average molecular weight is 543 g/mol. The molecule has 38 heavy (non-hydrogen) atoms. The van der Waals surface area contributed by atoms with E-state index in [1.165, 1.54) is 7.11 Å². The van der Waals surface area contributed by atoms with Crippen LogP contribution in [0.25, 0.3) is 5.76 Å². The van der Waals surface area contributed by atoms with Crippen LogP contribution in [0.4, 0.5) is 0 Å². The van der Waals surface area contributed by atoms with Crippen LogP contribution in [0.1, 0.15) is 95.9 Å². The van der Waals surface area contributed by atoms with Gasteiger partial charge in [-0.15, -0.1) is 5.10 Å². The van der Waals surface area contributed by atoms with Crippen molar-refractivity contribution in [2.45, 2.75) is 103 Å². The van der Waals surface area contributed by atoms with Gasteiger partial charge in [-0.05, 0) is 63.6 Å². The van der Waals surface area contributed by atoms with Gasteiger partial charge in [0, 0.05) is 23.5 Å². The second-order valence-corrected chi connectivity index (χ2v) is 17.5. The van der Waals surface area contributed by atoms with Crippen molar-refractivity contribution >= 4 is 20.0 Å². The van der Waals surface area contributed by atoms with Crippen molar-refractivity contribution in [3.05, 3.63) is 29.6 Å². The Morgan fingerprint density at radius 1 is 1.21 bits per heavy atom. The molecule has 7 nitrogen and oxygen atoms in total. The lowest BCUT2D eigenvalue weighted by Gasteiger charge is -2.52. The molecule has 3 fully saturated rings. The summed E-state index contributed by atoms with van der Waals surface area (Å²) in [5, 5.41) is 19.9. The number of hydrogen-bond acceptors (Lipinski definition) is 7. The summed E-state index contributed by atoms with van der Waals surface area (Å²) < 4.78 is 17.3. The second kappa shape index (κ2) is 11.5. The third-order valence-corrected chi connectivity index (χ3v) is 13.8. The number of hydrogen-bond donors (Lipinski definition) is 1. The number of aromatic nitrogens is 2. The maximum atomic E-state index is 12.4. The quantitative estimate of drug-likeness (QED) is 0.182. The van der Waals surface area contributed by atoms with Crippen LogP contribution in [0.5, 0.6) is 0 Å². The van der Waals surface area contributed by atoms with Gasteiger partial charge in [-0.1, -0.05) is 46.1 Å². The molecule has 0 aliphatic heterocycles. The predicted octanol–water partition coefficient (Wildman–Crippen LogP) is 5.84. The zero-order valence-electron chi connectivity index (χ0n) is 24.6. The Morgan fingerprint density at radius 2 is 1.82 bits per heavy atom. The van der Waals surface area contributed by atoms with Crippen molar-refractivity contribution in [3.63, 3.8) is 0 Å². The summed E-state index contributed by atoms with van der Waals surface area (Å²) in [6, 6.07) is 0. The van der Waals surface area contributed by atoms with Crippen LogP contribution >= 0.6 is 0 Å². The predicted molar refractivity (Wildman–Crippen MR) is 152 cm³/mol. The molecule has 1 N–H and O–H groups in total. The minimum atomic E-state index is -1.96. The lowest BCUT2D eigenvalue weighted by molar-refractivity contribution is -0.166. The molecule has 4 rings (SSSR count). The average Bonchev–Trinajstić information content (AvgIpc) is 2.90. The molecule has 1 heterocycles. The molecular weight excluding hydrogens is 496 g/mol. The molecule has 2 atom stereocenters. The van der Waals surface area contributed by atoms with Gasteiger partial charge in [-0.2, -0.15) is 5.10 Å². The number of aliphatic hydroxyl groups is 1. The SMILES string of the molecule is C=C(OCC)c1nncc(C#CC(O)C23CCC(C(=O)OC)(CC2)CC3)c1C(C)CO[Si](C)(C)C(C)(C)C. The van der Waals surface area contributed by atoms with Gasteiger partial charge in [0.2, 0.25) is 0 Å². The molecule has 2 unspecified atom stereocenters. The smallest absolute Gasteiger partial charge is 0.311 e. The van der Waals surface area contributed by atoms with Crippen LogP contribution in [-0.4, -0.2) is 56.0 Å². The topological polar surface area (TPSA) is 90.8 Å². The van der Waals surface area contributed by atoms with E-state index in [1.807, 2.05) is 6.92 Å². The molecule has 0 aromatic carbocycles. The molecule has 3 aliphatic carbocycles. The number of esters is 1. The van der Waals surface area contributed by atoms with Crippen LogP contribution in [0.3, 0.4) is 0 Å². The number of carbonyl (C=O) groups excluding carboxylic acids is 1. The van der Waals surface area contributed by atoms with Crippen LogP contribution in [0.15, 0.2) is 12.8 Å². The highest BCUT2D eigenvalue weighted by molar-refractivity contribution is 6.74. The molecule has 0 saturated heterocycles. The van der Waals surface area contributed by atoms with E-state index in [-0.39, 0.29) is 27.8 Å². The Labute approximate surface area is 229 Å². The molecule has 1 aromatic heterocycles. The van der Waals surface area contributed by atoms with Gasteiger partial charge >= 0.3 is 5.97 Å². The van der Waals surface area contributed by atoms with Gasteiger partial charge in [-0.25, -0.2) is 0 Å². The minimum Gasteiger partial charge on any atom is -0.492 e. The van der Waals surface area contributed by atoms with Crippen molar-refractivity contribution in [1.29, 1.82) is 0 Å². The van der Waals surface area contributed by atoms with E-state index in [0.29, 0.717) is 30.2 Å². The summed E-state index contributed by atoms with van der Waals surface area (Å²) in [6.07, 6.45) is 5.37. The first-order chi connectivity index (χ1) is 17.7. The highest BCUT2D eigenvalue weighted by Crippen LogP contribution is 2.58. The highest BCUT2D eigenvalue weighted by atomic mass is 28.4.